The van der Waals surface area contributed by atoms with Gasteiger partial charge in [-0.1, -0.05) is 36.8 Å². The topological polar surface area (TPSA) is 48.0 Å². The van der Waals surface area contributed by atoms with Gasteiger partial charge in [0.05, 0.1) is 32.3 Å². The van der Waals surface area contributed by atoms with Crippen LogP contribution >= 0.6 is 0 Å². The lowest BCUT2D eigenvalue weighted by Crippen LogP contribution is -2.53. The van der Waals surface area contributed by atoms with E-state index in [1.807, 2.05) is 23.1 Å². The largest absolute Gasteiger partial charge is 0.370 e. The lowest BCUT2D eigenvalue weighted by Gasteiger charge is -2.42. The van der Waals surface area contributed by atoms with Crippen molar-refractivity contribution in [2.45, 2.75) is 37.6 Å². The van der Waals surface area contributed by atoms with Crippen molar-refractivity contribution in [2.75, 3.05) is 32.9 Å². The van der Waals surface area contributed by atoms with Crippen LogP contribution in [-0.2, 0) is 19.0 Å². The summed E-state index contributed by atoms with van der Waals surface area (Å²) in [6, 6.07) is 10.1. The molecule has 24 heavy (non-hydrogen) atoms. The van der Waals surface area contributed by atoms with E-state index in [9.17, 15) is 4.79 Å². The molecule has 5 nitrogen and oxygen atoms in total. The predicted octanol–water partition coefficient (Wildman–Crippen LogP) is 2.52. The van der Waals surface area contributed by atoms with Gasteiger partial charge in [0.1, 0.15) is 6.10 Å². The summed E-state index contributed by atoms with van der Waals surface area (Å²) >= 11 is 0. The molecule has 130 valence electrons. The van der Waals surface area contributed by atoms with Gasteiger partial charge in [0.2, 0.25) is 5.91 Å². The molecule has 0 N–H and O–H groups in total. The molecular weight excluding hydrogens is 306 g/mol. The number of benzene rings is 1. The Morgan fingerprint density at radius 1 is 1.08 bits per heavy atom. The van der Waals surface area contributed by atoms with E-state index in [2.05, 4.69) is 12.1 Å². The molecule has 1 aromatic rings. The van der Waals surface area contributed by atoms with E-state index in [0.717, 1.165) is 31.2 Å². The average Bonchev–Trinajstić information content (AvgIpc) is 3.11. The maximum atomic E-state index is 13.2. The van der Waals surface area contributed by atoms with Crippen LogP contribution in [0.1, 0.15) is 37.4 Å². The number of ether oxygens (including phenoxy) is 3. The Morgan fingerprint density at radius 3 is 2.67 bits per heavy atom. The lowest BCUT2D eigenvalue weighted by molar-refractivity contribution is -0.218. The predicted molar refractivity (Wildman–Crippen MR) is 88.3 cm³/mol. The zero-order valence-electron chi connectivity index (χ0n) is 14.0. The molecule has 1 amide bonds. The fraction of sp³-hybridized carbons (Fsp3) is 0.632. The Bertz CT molecular complexity index is 570. The molecule has 5 heteroatoms. The molecule has 0 radical (unpaired) electrons. The minimum atomic E-state index is -0.671. The van der Waals surface area contributed by atoms with Gasteiger partial charge in [-0.2, -0.15) is 0 Å². The molecule has 2 aliphatic heterocycles. The van der Waals surface area contributed by atoms with E-state index in [1.165, 1.54) is 0 Å². The molecule has 0 aromatic heterocycles. The molecule has 1 aromatic carbocycles. The summed E-state index contributed by atoms with van der Waals surface area (Å²) in [5.74, 6) is -0.681. The molecule has 1 aliphatic carbocycles. The third kappa shape index (κ3) is 2.96. The van der Waals surface area contributed by atoms with E-state index < -0.39 is 5.79 Å². The maximum absolute atomic E-state index is 13.2. The van der Waals surface area contributed by atoms with Crippen molar-refractivity contribution in [3.05, 3.63) is 35.9 Å². The summed E-state index contributed by atoms with van der Waals surface area (Å²) in [7, 11) is 0. The monoisotopic (exact) mass is 331 g/mol. The smallest absolute Gasteiger partial charge is 0.231 e. The first-order valence-electron chi connectivity index (χ1n) is 9.02. The van der Waals surface area contributed by atoms with Gasteiger partial charge in [-0.05, 0) is 18.4 Å². The van der Waals surface area contributed by atoms with Gasteiger partial charge in [0.25, 0.3) is 0 Å². The highest BCUT2D eigenvalue weighted by Crippen LogP contribution is 2.41. The molecule has 0 unspecified atom stereocenters. The first-order valence-corrected chi connectivity index (χ1v) is 9.02. The number of morpholine rings is 1. The number of nitrogens with zero attached hydrogens (tertiary/aromatic N) is 1. The SMILES string of the molecule is O=C([C@H]1CCCCC12OCCO2)N1CCO[C@@H](c2ccccc2)C1. The zero-order valence-corrected chi connectivity index (χ0v) is 14.0. The normalized spacial score (nSPS) is 29.8. The minimum absolute atomic E-state index is 0.0474. The summed E-state index contributed by atoms with van der Waals surface area (Å²) in [6.45, 7) is 3.02. The Kier molecular flexibility index (Phi) is 4.57. The Labute approximate surface area is 142 Å². The summed E-state index contributed by atoms with van der Waals surface area (Å²) in [4.78, 5) is 15.1. The van der Waals surface area contributed by atoms with Crippen LogP contribution in [0.3, 0.4) is 0 Å². The van der Waals surface area contributed by atoms with Gasteiger partial charge >= 0.3 is 0 Å². The number of carbonyl (C=O) groups is 1. The van der Waals surface area contributed by atoms with Crippen molar-refractivity contribution >= 4 is 5.91 Å². The summed E-state index contributed by atoms with van der Waals surface area (Å²) in [5.41, 5.74) is 1.13. The van der Waals surface area contributed by atoms with E-state index in [-0.39, 0.29) is 17.9 Å². The van der Waals surface area contributed by atoms with Crippen LogP contribution in [0.15, 0.2) is 30.3 Å². The Balaban J connectivity index is 1.49. The van der Waals surface area contributed by atoms with E-state index >= 15 is 0 Å². The summed E-state index contributed by atoms with van der Waals surface area (Å²) in [6.07, 6.45) is 3.77. The van der Waals surface area contributed by atoms with Crippen molar-refractivity contribution < 1.29 is 19.0 Å². The van der Waals surface area contributed by atoms with Gasteiger partial charge in [0.15, 0.2) is 5.79 Å². The van der Waals surface area contributed by atoms with Gasteiger partial charge < -0.3 is 19.1 Å². The maximum Gasteiger partial charge on any atom is 0.231 e. The molecule has 3 fully saturated rings. The van der Waals surface area contributed by atoms with Crippen LogP contribution in [-0.4, -0.2) is 49.5 Å². The third-order valence-corrected chi connectivity index (χ3v) is 5.42. The van der Waals surface area contributed by atoms with Gasteiger partial charge in [-0.3, -0.25) is 4.79 Å². The quantitative estimate of drug-likeness (QED) is 0.835. The first-order chi connectivity index (χ1) is 11.8. The zero-order chi connectivity index (χ0) is 16.4. The standard InChI is InChI=1S/C19H25NO4/c21-18(16-8-4-5-9-19(16)23-12-13-24-19)20-10-11-22-17(14-20)15-6-2-1-3-7-15/h1-3,6-7,16-17H,4-5,8-14H2/t16-,17-/m1/s1. The summed E-state index contributed by atoms with van der Waals surface area (Å²) < 4.78 is 17.7. The molecular formula is C19H25NO4. The van der Waals surface area contributed by atoms with Gasteiger partial charge in [0, 0.05) is 13.0 Å². The molecule has 2 saturated heterocycles. The van der Waals surface area contributed by atoms with Crippen LogP contribution in [0.2, 0.25) is 0 Å². The molecule has 2 atom stereocenters. The van der Waals surface area contributed by atoms with Crippen molar-refractivity contribution in [2.24, 2.45) is 5.92 Å². The molecule has 1 spiro atoms. The Hall–Kier alpha value is -1.43. The van der Waals surface area contributed by atoms with Crippen LogP contribution in [0.4, 0.5) is 0 Å². The molecule has 2 heterocycles. The van der Waals surface area contributed by atoms with E-state index in [4.69, 9.17) is 14.2 Å². The van der Waals surface area contributed by atoms with Crippen LogP contribution < -0.4 is 0 Å². The minimum Gasteiger partial charge on any atom is -0.370 e. The summed E-state index contributed by atoms with van der Waals surface area (Å²) in [5, 5.41) is 0. The van der Waals surface area contributed by atoms with Gasteiger partial charge in [-0.15, -0.1) is 0 Å². The van der Waals surface area contributed by atoms with Crippen LogP contribution in [0.5, 0.6) is 0 Å². The highest BCUT2D eigenvalue weighted by molar-refractivity contribution is 5.80. The van der Waals surface area contributed by atoms with Crippen molar-refractivity contribution in [3.8, 4) is 0 Å². The number of hydrogen-bond donors (Lipinski definition) is 0. The number of carbonyl (C=O) groups excluding carboxylic acids is 1. The van der Waals surface area contributed by atoms with E-state index in [0.29, 0.717) is 32.9 Å². The average molecular weight is 331 g/mol. The second-order valence-corrected chi connectivity index (χ2v) is 6.86. The Morgan fingerprint density at radius 2 is 1.88 bits per heavy atom. The molecule has 4 rings (SSSR count). The van der Waals surface area contributed by atoms with Crippen LogP contribution in [0.25, 0.3) is 0 Å². The van der Waals surface area contributed by atoms with Crippen molar-refractivity contribution in [1.29, 1.82) is 0 Å². The van der Waals surface area contributed by atoms with Crippen molar-refractivity contribution in [3.63, 3.8) is 0 Å². The first kappa shape index (κ1) is 16.1. The second-order valence-electron chi connectivity index (χ2n) is 6.86. The number of amides is 1. The molecule has 1 saturated carbocycles. The highest BCUT2D eigenvalue weighted by Gasteiger charge is 2.50. The fourth-order valence-electron chi connectivity index (χ4n) is 4.18. The number of hydrogen-bond acceptors (Lipinski definition) is 4. The van der Waals surface area contributed by atoms with Crippen molar-refractivity contribution in [1.82, 2.24) is 4.90 Å². The van der Waals surface area contributed by atoms with E-state index in [1.54, 1.807) is 0 Å². The molecule has 3 aliphatic rings. The molecule has 0 bridgehead atoms. The van der Waals surface area contributed by atoms with Crippen LogP contribution in [0, 0.1) is 5.92 Å². The number of rotatable bonds is 2. The lowest BCUT2D eigenvalue weighted by atomic mass is 9.82. The second kappa shape index (κ2) is 6.82. The highest BCUT2D eigenvalue weighted by atomic mass is 16.7. The van der Waals surface area contributed by atoms with Gasteiger partial charge in [-0.25, -0.2) is 0 Å². The third-order valence-electron chi connectivity index (χ3n) is 5.42. The fourth-order valence-corrected chi connectivity index (χ4v) is 4.18.